The number of rotatable bonds is 20. The fraction of sp³-hybridized carbons (Fsp3) is 0.625. The summed E-state index contributed by atoms with van der Waals surface area (Å²) in [5.74, 6) is 0. The molecule has 3 rings (SSSR count). The monoisotopic (exact) mass is 542 g/mol. The summed E-state index contributed by atoms with van der Waals surface area (Å²) >= 11 is 0. The number of hydrogen-bond donors (Lipinski definition) is 1. The fourth-order valence-corrected chi connectivity index (χ4v) is 6.67. The molecule has 0 spiro atoms. The summed E-state index contributed by atoms with van der Waals surface area (Å²) in [6, 6.07) is 17.6. The first-order valence-corrected chi connectivity index (χ1v) is 16.6. The Labute approximate surface area is 232 Å². The van der Waals surface area contributed by atoms with Gasteiger partial charge in [-0.2, -0.15) is 8.42 Å². The van der Waals surface area contributed by atoms with Crippen molar-refractivity contribution in [3.8, 4) is 0 Å². The van der Waals surface area contributed by atoms with E-state index in [1.54, 1.807) is 6.07 Å². The third-order valence-electron chi connectivity index (χ3n) is 7.82. The number of nitrogens with zero attached hydrogens (tertiary/aromatic N) is 2. The van der Waals surface area contributed by atoms with Crippen LogP contribution in [0.25, 0.3) is 0 Å². The highest BCUT2D eigenvalue weighted by Crippen LogP contribution is 2.43. The van der Waals surface area contributed by atoms with Crippen LogP contribution in [0.2, 0.25) is 0 Å². The first-order chi connectivity index (χ1) is 18.5. The van der Waals surface area contributed by atoms with E-state index in [1.165, 1.54) is 94.2 Å². The van der Waals surface area contributed by atoms with Crippen molar-refractivity contribution in [1.82, 2.24) is 0 Å². The lowest BCUT2D eigenvalue weighted by Crippen LogP contribution is -2.45. The summed E-state index contributed by atoms with van der Waals surface area (Å²) in [6.45, 7) is 2.88. The molecule has 212 valence electrons. The van der Waals surface area contributed by atoms with Gasteiger partial charge >= 0.3 is 10.3 Å². The molecule has 0 saturated heterocycles. The second-order valence-corrected chi connectivity index (χ2v) is 12.2. The van der Waals surface area contributed by atoms with Crippen LogP contribution in [0.4, 0.5) is 11.4 Å². The van der Waals surface area contributed by atoms with Crippen LogP contribution in [0, 0.1) is 0 Å². The first-order valence-electron chi connectivity index (χ1n) is 15.2. The minimum atomic E-state index is -4.37. The number of para-hydroxylation sites is 2. The van der Waals surface area contributed by atoms with Gasteiger partial charge in [-0.1, -0.05) is 146 Å². The Morgan fingerprint density at radius 1 is 0.632 bits per heavy atom. The molecular weight excluding hydrogens is 492 g/mol. The van der Waals surface area contributed by atoms with Crippen molar-refractivity contribution in [2.45, 2.75) is 129 Å². The summed E-state index contributed by atoms with van der Waals surface area (Å²) in [7, 11) is -4.37. The van der Waals surface area contributed by atoms with Crippen molar-refractivity contribution in [3.63, 3.8) is 0 Å². The van der Waals surface area contributed by atoms with E-state index in [1.807, 2.05) is 36.4 Å². The van der Waals surface area contributed by atoms with E-state index < -0.39 is 16.5 Å². The summed E-state index contributed by atoms with van der Waals surface area (Å²) in [4.78, 5) is 2.13. The van der Waals surface area contributed by atoms with E-state index in [2.05, 4.69) is 24.0 Å². The smallest absolute Gasteiger partial charge is 0.344 e. The molecule has 0 radical (unpaired) electrons. The SMILES string of the molecule is CCCCCCCCCCCCCCCCCCC1N(Cc2ccccc2)c2ccccc2N1S(=O)(=O)O. The van der Waals surface area contributed by atoms with Gasteiger partial charge in [0.05, 0.1) is 11.4 Å². The molecule has 1 heterocycles. The molecule has 1 atom stereocenters. The molecule has 0 fully saturated rings. The van der Waals surface area contributed by atoms with Gasteiger partial charge in [-0.25, -0.2) is 4.31 Å². The number of hydrogen-bond acceptors (Lipinski definition) is 3. The molecule has 2 aromatic carbocycles. The Kier molecular flexibility index (Phi) is 13.5. The third-order valence-corrected chi connectivity index (χ3v) is 8.76. The standard InChI is InChI=1S/C32H50N2O3S/c1-2-3-4-5-6-7-8-9-10-11-12-13-14-15-16-20-27-32-33(28-29-23-18-17-19-24-29)30-25-21-22-26-31(30)34(32)38(35,36)37/h17-19,21-26,32H,2-16,20,27-28H2,1H3,(H,35,36,37). The van der Waals surface area contributed by atoms with E-state index in [0.717, 1.165) is 24.1 Å². The summed E-state index contributed by atoms with van der Waals surface area (Å²) in [5.41, 5.74) is 2.54. The summed E-state index contributed by atoms with van der Waals surface area (Å²) < 4.78 is 36.2. The maximum absolute atomic E-state index is 12.4. The fourth-order valence-electron chi connectivity index (χ4n) is 5.74. The molecule has 1 aliphatic rings. The van der Waals surface area contributed by atoms with Gasteiger partial charge in [0, 0.05) is 6.54 Å². The van der Waals surface area contributed by atoms with Gasteiger partial charge in [0.2, 0.25) is 0 Å². The predicted molar refractivity (Wildman–Crippen MR) is 161 cm³/mol. The average molecular weight is 543 g/mol. The second kappa shape index (κ2) is 16.8. The van der Waals surface area contributed by atoms with Gasteiger partial charge in [0.1, 0.15) is 6.17 Å². The number of anilines is 2. The Morgan fingerprint density at radius 2 is 1.08 bits per heavy atom. The summed E-state index contributed by atoms with van der Waals surface area (Å²) in [5, 5.41) is 0. The third kappa shape index (κ3) is 9.92. The molecule has 0 amide bonds. The highest BCUT2D eigenvalue weighted by atomic mass is 32.2. The normalized spacial score (nSPS) is 15.3. The quantitative estimate of drug-likeness (QED) is 0.134. The minimum absolute atomic E-state index is 0.408. The van der Waals surface area contributed by atoms with Gasteiger partial charge < -0.3 is 4.90 Å². The van der Waals surface area contributed by atoms with Gasteiger partial charge in [0.15, 0.2) is 0 Å². The molecule has 6 heteroatoms. The van der Waals surface area contributed by atoms with Crippen molar-refractivity contribution >= 4 is 21.7 Å². The molecular formula is C32H50N2O3S. The molecule has 1 N–H and O–H groups in total. The van der Waals surface area contributed by atoms with E-state index in [0.29, 0.717) is 18.7 Å². The first kappa shape index (κ1) is 30.5. The van der Waals surface area contributed by atoms with Crippen molar-refractivity contribution in [1.29, 1.82) is 0 Å². The largest absolute Gasteiger partial charge is 0.361 e. The van der Waals surface area contributed by atoms with E-state index in [4.69, 9.17) is 0 Å². The number of fused-ring (bicyclic) bond motifs is 1. The Bertz CT molecular complexity index is 1010. The maximum atomic E-state index is 12.4. The molecule has 1 unspecified atom stereocenters. The van der Waals surface area contributed by atoms with Crippen LogP contribution in [0.3, 0.4) is 0 Å². The topological polar surface area (TPSA) is 60.9 Å². The lowest BCUT2D eigenvalue weighted by molar-refractivity contribution is 0.456. The van der Waals surface area contributed by atoms with Crippen molar-refractivity contribution in [3.05, 3.63) is 60.2 Å². The van der Waals surface area contributed by atoms with Crippen LogP contribution in [0.5, 0.6) is 0 Å². The molecule has 1 aliphatic heterocycles. The molecule has 0 aromatic heterocycles. The van der Waals surface area contributed by atoms with Gasteiger partial charge in [-0.15, -0.1) is 0 Å². The van der Waals surface area contributed by atoms with E-state index >= 15 is 0 Å². The lowest BCUT2D eigenvalue weighted by Gasteiger charge is -2.31. The van der Waals surface area contributed by atoms with Gasteiger partial charge in [-0.05, 0) is 30.5 Å². The predicted octanol–water partition coefficient (Wildman–Crippen LogP) is 9.29. The highest BCUT2D eigenvalue weighted by Gasteiger charge is 2.41. The van der Waals surface area contributed by atoms with Crippen molar-refractivity contribution in [2.24, 2.45) is 0 Å². The Hall–Kier alpha value is -2.05. The minimum Gasteiger partial charge on any atom is -0.344 e. The van der Waals surface area contributed by atoms with Crippen molar-refractivity contribution < 1.29 is 13.0 Å². The molecule has 2 aromatic rings. The molecule has 38 heavy (non-hydrogen) atoms. The van der Waals surface area contributed by atoms with Crippen LogP contribution in [-0.2, 0) is 16.8 Å². The van der Waals surface area contributed by atoms with E-state index in [-0.39, 0.29) is 0 Å². The van der Waals surface area contributed by atoms with Crippen LogP contribution in [0.1, 0.15) is 122 Å². The van der Waals surface area contributed by atoms with Crippen LogP contribution in [-0.4, -0.2) is 19.1 Å². The zero-order valence-electron chi connectivity index (χ0n) is 23.6. The Balaban J connectivity index is 1.36. The zero-order valence-corrected chi connectivity index (χ0v) is 24.4. The molecule has 5 nitrogen and oxygen atoms in total. The molecule has 0 aliphatic carbocycles. The summed E-state index contributed by atoms with van der Waals surface area (Å²) in [6.07, 6.45) is 21.3. The number of benzene rings is 2. The van der Waals surface area contributed by atoms with Gasteiger partial charge in [-0.3, -0.25) is 4.55 Å². The lowest BCUT2D eigenvalue weighted by atomic mass is 10.0. The average Bonchev–Trinajstić information content (AvgIpc) is 3.22. The molecule has 0 saturated carbocycles. The number of unbranched alkanes of at least 4 members (excludes halogenated alkanes) is 15. The van der Waals surface area contributed by atoms with Gasteiger partial charge in [0.25, 0.3) is 0 Å². The second-order valence-electron chi connectivity index (χ2n) is 10.9. The zero-order chi connectivity index (χ0) is 27.1. The Morgan fingerprint density at radius 3 is 1.58 bits per heavy atom. The highest BCUT2D eigenvalue weighted by molar-refractivity contribution is 7.87. The van der Waals surface area contributed by atoms with Crippen LogP contribution >= 0.6 is 0 Å². The molecule has 0 bridgehead atoms. The van der Waals surface area contributed by atoms with Crippen LogP contribution < -0.4 is 9.21 Å². The van der Waals surface area contributed by atoms with Crippen molar-refractivity contribution in [2.75, 3.05) is 9.21 Å². The van der Waals surface area contributed by atoms with Crippen LogP contribution in [0.15, 0.2) is 54.6 Å². The van der Waals surface area contributed by atoms with E-state index in [9.17, 15) is 13.0 Å². The maximum Gasteiger partial charge on any atom is 0.361 e.